The monoisotopic (exact) mass is 242 g/mol. The van der Waals surface area contributed by atoms with Crippen LogP contribution in [0.25, 0.3) is 0 Å². The van der Waals surface area contributed by atoms with Crippen LogP contribution in [0.3, 0.4) is 0 Å². The largest absolute Gasteiger partial charge is 0.367 e. The minimum Gasteiger partial charge on any atom is -0.367 e. The molecule has 1 unspecified atom stereocenters. The molecule has 1 rings (SSSR count). The van der Waals surface area contributed by atoms with Gasteiger partial charge in [-0.1, -0.05) is 13.8 Å². The molecule has 1 atom stereocenters. The second-order valence-corrected chi connectivity index (χ2v) is 7.05. The summed E-state index contributed by atoms with van der Waals surface area (Å²) in [6, 6.07) is 0.484. The second-order valence-electron chi connectivity index (χ2n) is 7.05. The Morgan fingerprint density at radius 3 is 1.94 bits per heavy atom. The van der Waals surface area contributed by atoms with Crippen LogP contribution in [0, 0.1) is 5.92 Å². The fourth-order valence-electron chi connectivity index (χ4n) is 3.04. The Morgan fingerprint density at radius 2 is 1.59 bits per heavy atom. The molecule has 0 radical (unpaired) electrons. The van der Waals surface area contributed by atoms with Gasteiger partial charge in [-0.25, -0.2) is 0 Å². The van der Waals surface area contributed by atoms with E-state index in [0.29, 0.717) is 12.0 Å². The van der Waals surface area contributed by atoms with Gasteiger partial charge in [0.15, 0.2) is 0 Å². The van der Waals surface area contributed by atoms with E-state index in [-0.39, 0.29) is 11.2 Å². The van der Waals surface area contributed by atoms with Gasteiger partial charge in [-0.05, 0) is 40.0 Å². The second kappa shape index (κ2) is 5.25. The fraction of sp³-hybridized carbons (Fsp3) is 1.00. The van der Waals surface area contributed by atoms with Crippen molar-refractivity contribution >= 4 is 0 Å². The van der Waals surface area contributed by atoms with Crippen LogP contribution in [-0.4, -0.2) is 41.8 Å². The highest BCUT2D eigenvalue weighted by molar-refractivity contribution is 4.92. The molecule has 0 saturated carbocycles. The van der Waals surface area contributed by atoms with Gasteiger partial charge in [-0.3, -0.25) is 4.90 Å². The summed E-state index contributed by atoms with van der Waals surface area (Å²) in [4.78, 5) is 2.52. The zero-order valence-electron chi connectivity index (χ0n) is 12.4. The first kappa shape index (κ1) is 14.9. The van der Waals surface area contributed by atoms with Crippen LogP contribution in [0.1, 0.15) is 48.0 Å². The molecule has 1 saturated heterocycles. The molecule has 1 aliphatic heterocycles. The average Bonchev–Trinajstić information content (AvgIpc) is 2.08. The topological polar surface area (TPSA) is 38.5 Å². The van der Waals surface area contributed by atoms with E-state index in [4.69, 9.17) is 10.5 Å². The number of rotatable bonds is 4. The first-order chi connectivity index (χ1) is 7.65. The van der Waals surface area contributed by atoms with Gasteiger partial charge in [0.05, 0.1) is 11.2 Å². The number of morpholine rings is 1. The maximum Gasteiger partial charge on any atom is 0.0760 e. The highest BCUT2D eigenvalue weighted by atomic mass is 16.5. The van der Waals surface area contributed by atoms with E-state index in [2.05, 4.69) is 46.4 Å². The van der Waals surface area contributed by atoms with Gasteiger partial charge in [-0.2, -0.15) is 0 Å². The van der Waals surface area contributed by atoms with Gasteiger partial charge in [0.25, 0.3) is 0 Å². The highest BCUT2D eigenvalue weighted by Crippen LogP contribution is 2.30. The maximum absolute atomic E-state index is 6.11. The Hall–Kier alpha value is -0.120. The molecule has 1 fully saturated rings. The lowest BCUT2D eigenvalue weighted by Gasteiger charge is -2.49. The highest BCUT2D eigenvalue weighted by Gasteiger charge is 2.40. The molecule has 1 aliphatic rings. The lowest BCUT2D eigenvalue weighted by Crippen LogP contribution is -2.61. The van der Waals surface area contributed by atoms with Gasteiger partial charge in [0.1, 0.15) is 0 Å². The van der Waals surface area contributed by atoms with Crippen molar-refractivity contribution in [2.45, 2.75) is 65.2 Å². The number of hydrogen-bond donors (Lipinski definition) is 1. The van der Waals surface area contributed by atoms with Crippen molar-refractivity contribution < 1.29 is 4.74 Å². The third-order valence-electron chi connectivity index (χ3n) is 3.25. The van der Waals surface area contributed by atoms with Gasteiger partial charge in [0.2, 0.25) is 0 Å². The predicted octanol–water partition coefficient (Wildman–Crippen LogP) is 2.25. The third kappa shape index (κ3) is 4.57. The van der Waals surface area contributed by atoms with Crippen LogP contribution >= 0.6 is 0 Å². The lowest BCUT2D eigenvalue weighted by molar-refractivity contribution is -0.188. The standard InChI is InChI=1S/C14H30N2O/c1-11(2)7-12(8-15)16-9-13(3,4)17-14(5,6)10-16/h11-12H,7-10,15H2,1-6H3. The van der Waals surface area contributed by atoms with Gasteiger partial charge in [0, 0.05) is 25.7 Å². The van der Waals surface area contributed by atoms with Crippen molar-refractivity contribution in [3.05, 3.63) is 0 Å². The molecule has 3 heteroatoms. The molecule has 102 valence electrons. The van der Waals surface area contributed by atoms with Gasteiger partial charge >= 0.3 is 0 Å². The first-order valence-electron chi connectivity index (χ1n) is 6.79. The summed E-state index contributed by atoms with van der Waals surface area (Å²) in [5, 5.41) is 0. The van der Waals surface area contributed by atoms with Crippen LogP contribution in [0.4, 0.5) is 0 Å². The molecule has 0 aromatic heterocycles. The Morgan fingerprint density at radius 1 is 1.12 bits per heavy atom. The molecule has 0 aromatic carbocycles. The van der Waals surface area contributed by atoms with Gasteiger partial charge in [-0.15, -0.1) is 0 Å². The Labute approximate surface area is 107 Å². The summed E-state index contributed by atoms with van der Waals surface area (Å²) in [7, 11) is 0. The Bertz CT molecular complexity index is 233. The summed E-state index contributed by atoms with van der Waals surface area (Å²) < 4.78 is 6.11. The van der Waals surface area contributed by atoms with Crippen LogP contribution in [0.5, 0.6) is 0 Å². The van der Waals surface area contributed by atoms with Gasteiger partial charge < -0.3 is 10.5 Å². The normalized spacial score (nSPS) is 26.1. The minimum atomic E-state index is -0.0772. The molecule has 0 aliphatic carbocycles. The summed E-state index contributed by atoms with van der Waals surface area (Å²) in [6.45, 7) is 15.9. The van der Waals surface area contributed by atoms with Crippen LogP contribution in [-0.2, 0) is 4.74 Å². The summed E-state index contributed by atoms with van der Waals surface area (Å²) in [5.74, 6) is 0.692. The summed E-state index contributed by atoms with van der Waals surface area (Å²) in [6.07, 6.45) is 1.17. The predicted molar refractivity (Wildman–Crippen MR) is 73.1 cm³/mol. The zero-order chi connectivity index (χ0) is 13.3. The van der Waals surface area contributed by atoms with Crippen LogP contribution in [0.2, 0.25) is 0 Å². The molecule has 0 spiro atoms. The molecular formula is C14H30N2O. The number of nitrogens with zero attached hydrogens (tertiary/aromatic N) is 1. The smallest absolute Gasteiger partial charge is 0.0760 e. The van der Waals surface area contributed by atoms with Crippen LogP contribution in [0.15, 0.2) is 0 Å². The SMILES string of the molecule is CC(C)CC(CN)N1CC(C)(C)OC(C)(C)C1. The average molecular weight is 242 g/mol. The van der Waals surface area contributed by atoms with E-state index in [0.717, 1.165) is 19.6 Å². The van der Waals surface area contributed by atoms with Crippen molar-refractivity contribution in [1.82, 2.24) is 4.90 Å². The quantitative estimate of drug-likeness (QED) is 0.822. The van der Waals surface area contributed by atoms with E-state index >= 15 is 0 Å². The fourth-order valence-corrected chi connectivity index (χ4v) is 3.04. The summed E-state index contributed by atoms with van der Waals surface area (Å²) in [5.41, 5.74) is 5.79. The molecule has 0 bridgehead atoms. The molecule has 1 heterocycles. The third-order valence-corrected chi connectivity index (χ3v) is 3.25. The minimum absolute atomic E-state index is 0.0772. The van der Waals surface area contributed by atoms with Crippen molar-refractivity contribution in [2.75, 3.05) is 19.6 Å². The number of nitrogens with two attached hydrogens (primary N) is 1. The summed E-state index contributed by atoms with van der Waals surface area (Å²) >= 11 is 0. The number of ether oxygens (including phenoxy) is 1. The van der Waals surface area contributed by atoms with E-state index in [9.17, 15) is 0 Å². The van der Waals surface area contributed by atoms with Crippen LogP contribution < -0.4 is 5.73 Å². The molecule has 17 heavy (non-hydrogen) atoms. The number of hydrogen-bond acceptors (Lipinski definition) is 3. The van der Waals surface area contributed by atoms with Crippen molar-refractivity contribution in [2.24, 2.45) is 11.7 Å². The van der Waals surface area contributed by atoms with Crippen molar-refractivity contribution in [3.8, 4) is 0 Å². The molecule has 3 nitrogen and oxygen atoms in total. The van der Waals surface area contributed by atoms with Crippen molar-refractivity contribution in [1.29, 1.82) is 0 Å². The maximum atomic E-state index is 6.11. The van der Waals surface area contributed by atoms with E-state index in [1.165, 1.54) is 6.42 Å². The zero-order valence-corrected chi connectivity index (χ0v) is 12.4. The lowest BCUT2D eigenvalue weighted by atomic mass is 9.94. The van der Waals surface area contributed by atoms with E-state index in [1.807, 2.05) is 0 Å². The molecule has 0 aromatic rings. The first-order valence-corrected chi connectivity index (χ1v) is 6.79. The molecule has 0 amide bonds. The van der Waals surface area contributed by atoms with Crippen molar-refractivity contribution in [3.63, 3.8) is 0 Å². The Balaban J connectivity index is 2.74. The molecular weight excluding hydrogens is 212 g/mol. The molecule has 2 N–H and O–H groups in total. The van der Waals surface area contributed by atoms with E-state index < -0.39 is 0 Å². The van der Waals surface area contributed by atoms with E-state index in [1.54, 1.807) is 0 Å². The Kier molecular flexibility index (Phi) is 4.61.